The summed E-state index contributed by atoms with van der Waals surface area (Å²) in [7, 11) is 0. The van der Waals surface area contributed by atoms with Gasteiger partial charge in [-0.1, -0.05) is 64.8 Å². The molecule has 0 aliphatic heterocycles. The van der Waals surface area contributed by atoms with Crippen LogP contribution in [-0.2, 0) is 11.3 Å². The maximum Gasteiger partial charge on any atom is 0.407 e. The third-order valence-corrected chi connectivity index (χ3v) is 4.86. The number of carbonyl (C=O) groups is 1. The van der Waals surface area contributed by atoms with Gasteiger partial charge in [-0.3, -0.25) is 0 Å². The molecule has 0 bridgehead atoms. The number of hydrogen-bond donors (Lipinski definition) is 1. The largest absolute Gasteiger partial charge is 0.445 e. The average Bonchev–Trinajstić information content (AvgIpc) is 3.03. The number of ether oxygens (including phenoxy) is 1. The summed E-state index contributed by atoms with van der Waals surface area (Å²) >= 11 is 3.46. The number of alkyl carbamates (subject to hydrolysis) is 1. The van der Waals surface area contributed by atoms with Crippen molar-refractivity contribution < 1.29 is 9.53 Å². The summed E-state index contributed by atoms with van der Waals surface area (Å²) in [4.78, 5) is 12.1. The van der Waals surface area contributed by atoms with Crippen molar-refractivity contribution >= 4 is 22.0 Å². The van der Waals surface area contributed by atoms with Gasteiger partial charge in [0.15, 0.2) is 0 Å². The van der Waals surface area contributed by atoms with E-state index in [1.54, 1.807) is 0 Å². The van der Waals surface area contributed by atoms with E-state index in [0.29, 0.717) is 12.5 Å². The van der Waals surface area contributed by atoms with Gasteiger partial charge in [0.2, 0.25) is 0 Å². The molecule has 120 valence electrons. The zero-order chi connectivity index (χ0) is 16.1. The van der Waals surface area contributed by atoms with Crippen molar-refractivity contribution in [2.45, 2.75) is 37.8 Å². The number of hydrogen-bond acceptors (Lipinski definition) is 2. The summed E-state index contributed by atoms with van der Waals surface area (Å²) in [6.07, 6.45) is 2.90. The minimum absolute atomic E-state index is 0.152. The molecule has 2 aromatic carbocycles. The number of benzene rings is 2. The highest BCUT2D eigenvalue weighted by atomic mass is 79.9. The van der Waals surface area contributed by atoms with E-state index in [1.807, 2.05) is 30.3 Å². The number of halogens is 1. The summed E-state index contributed by atoms with van der Waals surface area (Å²) in [5, 5.41) is 3.04. The fraction of sp³-hybridized carbons (Fsp3) is 0.316. The fourth-order valence-corrected chi connectivity index (χ4v) is 3.42. The molecule has 2 aromatic rings. The normalized spacial score (nSPS) is 20.2. The Kier molecular flexibility index (Phi) is 5.34. The standard InChI is InChI=1S/C19H20BrNO2/c20-16-11-9-15(10-12-16)17-7-4-8-18(17)21-19(22)23-13-14-5-2-1-3-6-14/h1-3,5-6,9-12,17-18H,4,7-8,13H2,(H,21,22). The Balaban J connectivity index is 1.55. The summed E-state index contributed by atoms with van der Waals surface area (Å²) in [5.74, 6) is 0.368. The highest BCUT2D eigenvalue weighted by Crippen LogP contribution is 2.35. The van der Waals surface area contributed by atoms with Crippen LogP contribution in [0.15, 0.2) is 59.1 Å². The monoisotopic (exact) mass is 373 g/mol. The molecule has 1 aliphatic carbocycles. The Morgan fingerprint density at radius 3 is 2.57 bits per heavy atom. The van der Waals surface area contributed by atoms with Crippen molar-refractivity contribution in [3.63, 3.8) is 0 Å². The van der Waals surface area contributed by atoms with Gasteiger partial charge in [0.1, 0.15) is 6.61 Å². The van der Waals surface area contributed by atoms with Gasteiger partial charge in [-0.2, -0.15) is 0 Å². The molecule has 0 saturated heterocycles. The highest BCUT2D eigenvalue weighted by Gasteiger charge is 2.30. The van der Waals surface area contributed by atoms with Gasteiger partial charge < -0.3 is 10.1 Å². The molecular weight excluding hydrogens is 354 g/mol. The molecule has 0 spiro atoms. The molecule has 0 radical (unpaired) electrons. The first-order valence-corrected chi connectivity index (χ1v) is 8.74. The lowest BCUT2D eigenvalue weighted by molar-refractivity contribution is 0.135. The average molecular weight is 374 g/mol. The first-order chi connectivity index (χ1) is 11.2. The Labute approximate surface area is 145 Å². The van der Waals surface area contributed by atoms with E-state index >= 15 is 0 Å². The Morgan fingerprint density at radius 2 is 1.83 bits per heavy atom. The minimum atomic E-state index is -0.331. The molecule has 1 aliphatic rings. The molecular formula is C19H20BrNO2. The molecule has 1 fully saturated rings. The van der Waals surface area contributed by atoms with Crippen molar-refractivity contribution in [3.8, 4) is 0 Å². The van der Waals surface area contributed by atoms with E-state index in [-0.39, 0.29) is 12.1 Å². The number of rotatable bonds is 4. The van der Waals surface area contributed by atoms with Crippen LogP contribution in [0.3, 0.4) is 0 Å². The van der Waals surface area contributed by atoms with Crippen LogP contribution in [0.4, 0.5) is 4.79 Å². The lowest BCUT2D eigenvalue weighted by Crippen LogP contribution is -2.36. The minimum Gasteiger partial charge on any atom is -0.445 e. The molecule has 0 aromatic heterocycles. The van der Waals surface area contributed by atoms with E-state index in [9.17, 15) is 4.79 Å². The fourth-order valence-electron chi connectivity index (χ4n) is 3.16. The van der Waals surface area contributed by atoms with Gasteiger partial charge in [-0.25, -0.2) is 4.79 Å². The molecule has 2 unspecified atom stereocenters. The molecule has 1 saturated carbocycles. The quantitative estimate of drug-likeness (QED) is 0.817. The van der Waals surface area contributed by atoms with E-state index in [0.717, 1.165) is 29.3 Å². The van der Waals surface area contributed by atoms with E-state index < -0.39 is 0 Å². The zero-order valence-corrected chi connectivity index (χ0v) is 14.5. The molecule has 23 heavy (non-hydrogen) atoms. The van der Waals surface area contributed by atoms with Crippen molar-refractivity contribution in [2.24, 2.45) is 0 Å². The summed E-state index contributed by atoms with van der Waals surface area (Å²) < 4.78 is 6.41. The van der Waals surface area contributed by atoms with Crippen molar-refractivity contribution in [2.75, 3.05) is 0 Å². The number of amides is 1. The summed E-state index contributed by atoms with van der Waals surface area (Å²) in [5.41, 5.74) is 2.28. The van der Waals surface area contributed by atoms with Crippen molar-refractivity contribution in [3.05, 3.63) is 70.2 Å². The van der Waals surface area contributed by atoms with E-state index in [2.05, 4.69) is 45.5 Å². The second-order valence-electron chi connectivity index (χ2n) is 5.90. The van der Waals surface area contributed by atoms with Gasteiger partial charge in [-0.15, -0.1) is 0 Å². The number of nitrogens with one attached hydrogen (secondary N) is 1. The first kappa shape index (κ1) is 16.1. The Hall–Kier alpha value is -1.81. The molecule has 2 atom stereocenters. The van der Waals surface area contributed by atoms with Gasteiger partial charge in [0, 0.05) is 16.4 Å². The van der Waals surface area contributed by atoms with E-state index in [4.69, 9.17) is 4.74 Å². The van der Waals surface area contributed by atoms with Crippen LogP contribution in [0.1, 0.15) is 36.3 Å². The topological polar surface area (TPSA) is 38.3 Å². The van der Waals surface area contributed by atoms with Gasteiger partial charge in [-0.05, 0) is 36.1 Å². The highest BCUT2D eigenvalue weighted by molar-refractivity contribution is 9.10. The number of carbonyl (C=O) groups excluding carboxylic acids is 1. The van der Waals surface area contributed by atoms with Crippen LogP contribution in [0, 0.1) is 0 Å². The van der Waals surface area contributed by atoms with Gasteiger partial charge in [0.05, 0.1) is 0 Å². The van der Waals surface area contributed by atoms with Crippen LogP contribution in [0.2, 0.25) is 0 Å². The predicted molar refractivity (Wildman–Crippen MR) is 94.3 cm³/mol. The lowest BCUT2D eigenvalue weighted by atomic mass is 9.94. The third-order valence-electron chi connectivity index (χ3n) is 4.33. The van der Waals surface area contributed by atoms with Crippen LogP contribution in [0.25, 0.3) is 0 Å². The first-order valence-electron chi connectivity index (χ1n) is 7.95. The second kappa shape index (κ2) is 7.64. The Morgan fingerprint density at radius 1 is 1.09 bits per heavy atom. The lowest BCUT2D eigenvalue weighted by Gasteiger charge is -2.21. The molecule has 4 heteroatoms. The SMILES string of the molecule is O=C(NC1CCCC1c1ccc(Br)cc1)OCc1ccccc1. The molecule has 3 nitrogen and oxygen atoms in total. The van der Waals surface area contributed by atoms with Crippen LogP contribution in [0.5, 0.6) is 0 Å². The maximum atomic E-state index is 12.1. The van der Waals surface area contributed by atoms with E-state index in [1.165, 1.54) is 5.56 Å². The Bertz CT molecular complexity index is 642. The smallest absolute Gasteiger partial charge is 0.407 e. The molecule has 3 rings (SSSR count). The van der Waals surface area contributed by atoms with Crippen LogP contribution >= 0.6 is 15.9 Å². The summed E-state index contributed by atoms with van der Waals surface area (Å²) in [6.45, 7) is 0.308. The summed E-state index contributed by atoms with van der Waals surface area (Å²) in [6, 6.07) is 18.3. The predicted octanol–water partition coefficient (Wildman–Crippen LogP) is 5.01. The van der Waals surface area contributed by atoms with Crippen molar-refractivity contribution in [1.29, 1.82) is 0 Å². The van der Waals surface area contributed by atoms with Crippen LogP contribution in [-0.4, -0.2) is 12.1 Å². The third kappa shape index (κ3) is 4.35. The zero-order valence-electron chi connectivity index (χ0n) is 12.9. The van der Waals surface area contributed by atoms with Crippen molar-refractivity contribution in [1.82, 2.24) is 5.32 Å². The van der Waals surface area contributed by atoms with Gasteiger partial charge in [0.25, 0.3) is 0 Å². The molecule has 0 heterocycles. The van der Waals surface area contributed by atoms with Crippen LogP contribution < -0.4 is 5.32 Å². The molecule has 1 amide bonds. The van der Waals surface area contributed by atoms with Gasteiger partial charge >= 0.3 is 6.09 Å². The maximum absolute atomic E-state index is 12.1. The molecule has 1 N–H and O–H groups in total. The second-order valence-corrected chi connectivity index (χ2v) is 6.82.